The molecule has 0 saturated carbocycles. The van der Waals surface area contributed by atoms with Crippen LogP contribution in [0.3, 0.4) is 0 Å². The van der Waals surface area contributed by atoms with Crippen LogP contribution in [0.25, 0.3) is 0 Å². The summed E-state index contributed by atoms with van der Waals surface area (Å²) in [5, 5.41) is 3.70. The lowest BCUT2D eigenvalue weighted by Gasteiger charge is -2.39. The number of hydrogen-bond donors (Lipinski definition) is 1. The average molecular weight is 256 g/mol. The molecule has 18 heavy (non-hydrogen) atoms. The van der Waals surface area contributed by atoms with Gasteiger partial charge < -0.3 is 15.0 Å². The first kappa shape index (κ1) is 15.9. The maximum absolute atomic E-state index is 6.22. The molecule has 3 nitrogen and oxygen atoms in total. The molecule has 1 aliphatic heterocycles. The van der Waals surface area contributed by atoms with E-state index in [1.165, 1.54) is 0 Å². The molecule has 108 valence electrons. The Morgan fingerprint density at radius 3 is 1.94 bits per heavy atom. The van der Waals surface area contributed by atoms with Crippen LogP contribution in [-0.4, -0.2) is 50.3 Å². The summed E-state index contributed by atoms with van der Waals surface area (Å²) in [6.07, 6.45) is 3.16. The largest absolute Gasteiger partial charge is 0.374 e. The number of hydrogen-bond acceptors (Lipinski definition) is 3. The van der Waals surface area contributed by atoms with Gasteiger partial charge in [0.25, 0.3) is 0 Å². The van der Waals surface area contributed by atoms with Crippen LogP contribution in [0, 0.1) is 11.8 Å². The molecule has 1 unspecified atom stereocenters. The Hall–Kier alpha value is -0.120. The quantitative estimate of drug-likeness (QED) is 0.789. The molecule has 1 aliphatic rings. The van der Waals surface area contributed by atoms with Crippen molar-refractivity contribution < 1.29 is 4.74 Å². The van der Waals surface area contributed by atoms with E-state index in [4.69, 9.17) is 4.74 Å². The molecule has 0 aromatic rings. The molecule has 1 rings (SSSR count). The van der Waals surface area contributed by atoms with Crippen molar-refractivity contribution in [2.75, 3.05) is 27.2 Å². The fraction of sp³-hybridized carbons (Fsp3) is 1.00. The van der Waals surface area contributed by atoms with Crippen molar-refractivity contribution in [1.82, 2.24) is 10.2 Å². The summed E-state index contributed by atoms with van der Waals surface area (Å²) in [6, 6.07) is 0.624. The van der Waals surface area contributed by atoms with Gasteiger partial charge in [-0.3, -0.25) is 0 Å². The van der Waals surface area contributed by atoms with Crippen LogP contribution in [0.2, 0.25) is 0 Å². The first-order valence-electron chi connectivity index (χ1n) is 7.43. The first-order valence-corrected chi connectivity index (χ1v) is 7.43. The van der Waals surface area contributed by atoms with Crippen LogP contribution in [0.15, 0.2) is 0 Å². The topological polar surface area (TPSA) is 24.5 Å². The number of ether oxygens (including phenoxy) is 1. The lowest BCUT2D eigenvalue weighted by atomic mass is 9.88. The molecule has 0 bridgehead atoms. The van der Waals surface area contributed by atoms with E-state index in [2.05, 4.69) is 52.0 Å². The third kappa shape index (κ3) is 5.25. The van der Waals surface area contributed by atoms with Crippen LogP contribution < -0.4 is 5.32 Å². The van der Waals surface area contributed by atoms with Crippen molar-refractivity contribution in [3.8, 4) is 0 Å². The second-order valence-corrected chi connectivity index (χ2v) is 6.63. The smallest absolute Gasteiger partial charge is 0.0616 e. The van der Waals surface area contributed by atoms with Crippen LogP contribution in [0.5, 0.6) is 0 Å². The molecule has 1 N–H and O–H groups in total. The highest BCUT2D eigenvalue weighted by atomic mass is 16.5. The van der Waals surface area contributed by atoms with E-state index in [0.29, 0.717) is 30.1 Å². The Labute approximate surface area is 113 Å². The fourth-order valence-corrected chi connectivity index (χ4v) is 2.51. The Morgan fingerprint density at radius 1 is 1.06 bits per heavy atom. The van der Waals surface area contributed by atoms with Crippen molar-refractivity contribution in [3.05, 3.63) is 0 Å². The van der Waals surface area contributed by atoms with E-state index >= 15 is 0 Å². The van der Waals surface area contributed by atoms with Crippen LogP contribution in [-0.2, 0) is 4.74 Å². The molecule has 1 saturated heterocycles. The van der Waals surface area contributed by atoms with Crippen LogP contribution in [0.1, 0.15) is 40.5 Å². The van der Waals surface area contributed by atoms with E-state index in [-0.39, 0.29) is 0 Å². The molecule has 0 aliphatic carbocycles. The molecule has 1 fully saturated rings. The van der Waals surface area contributed by atoms with Gasteiger partial charge in [-0.1, -0.05) is 27.7 Å². The normalized spacial score (nSPS) is 29.5. The number of nitrogens with one attached hydrogen (secondary N) is 1. The number of likely N-dealkylation sites (N-methyl/N-ethyl adjacent to an activating group) is 1. The SMILES string of the molecule is CC(C)[C@@H]1CC(NCCN(C)C)C[C@H](C(C)C)O1. The summed E-state index contributed by atoms with van der Waals surface area (Å²) in [5.41, 5.74) is 0. The Bertz CT molecular complexity index is 213. The number of nitrogens with zero attached hydrogens (tertiary/aromatic N) is 1. The molecular formula is C15H32N2O. The van der Waals surface area contributed by atoms with Gasteiger partial charge in [0.2, 0.25) is 0 Å². The predicted molar refractivity (Wildman–Crippen MR) is 77.9 cm³/mol. The summed E-state index contributed by atoms with van der Waals surface area (Å²) >= 11 is 0. The van der Waals surface area contributed by atoms with Crippen LogP contribution in [0.4, 0.5) is 0 Å². The van der Waals surface area contributed by atoms with Crippen molar-refractivity contribution in [2.24, 2.45) is 11.8 Å². The fourth-order valence-electron chi connectivity index (χ4n) is 2.51. The van der Waals surface area contributed by atoms with Gasteiger partial charge in [0.05, 0.1) is 12.2 Å². The Kier molecular flexibility index (Phi) is 6.61. The minimum Gasteiger partial charge on any atom is -0.374 e. The molecule has 0 aromatic carbocycles. The summed E-state index contributed by atoms with van der Waals surface area (Å²) in [7, 11) is 4.25. The zero-order valence-corrected chi connectivity index (χ0v) is 13.1. The lowest BCUT2D eigenvalue weighted by Crippen LogP contribution is -2.47. The zero-order chi connectivity index (χ0) is 13.7. The lowest BCUT2D eigenvalue weighted by molar-refractivity contribution is -0.0993. The number of rotatable bonds is 6. The molecular weight excluding hydrogens is 224 g/mol. The van der Waals surface area contributed by atoms with Gasteiger partial charge in [-0.15, -0.1) is 0 Å². The first-order chi connectivity index (χ1) is 8.40. The van der Waals surface area contributed by atoms with Gasteiger partial charge in [0.15, 0.2) is 0 Å². The van der Waals surface area contributed by atoms with Crippen molar-refractivity contribution in [1.29, 1.82) is 0 Å². The van der Waals surface area contributed by atoms with Gasteiger partial charge in [0.1, 0.15) is 0 Å². The highest BCUT2D eigenvalue weighted by Crippen LogP contribution is 2.28. The zero-order valence-electron chi connectivity index (χ0n) is 13.1. The van der Waals surface area contributed by atoms with Crippen molar-refractivity contribution in [2.45, 2.75) is 58.8 Å². The standard InChI is InChI=1S/C15H32N2O/c1-11(2)14-9-13(16-7-8-17(5)6)10-15(18-14)12(3)4/h11-16H,7-10H2,1-6H3/t13?,14-,15+. The highest BCUT2D eigenvalue weighted by Gasteiger charge is 2.32. The van der Waals surface area contributed by atoms with Gasteiger partial charge in [-0.25, -0.2) is 0 Å². The molecule has 0 radical (unpaired) electrons. The predicted octanol–water partition coefficient (Wildman–Crippen LogP) is 2.37. The average Bonchev–Trinajstić information content (AvgIpc) is 2.28. The summed E-state index contributed by atoms with van der Waals surface area (Å²) in [5.74, 6) is 1.23. The maximum atomic E-state index is 6.22. The second kappa shape index (κ2) is 7.46. The van der Waals surface area contributed by atoms with Gasteiger partial charge in [0, 0.05) is 19.1 Å². The van der Waals surface area contributed by atoms with Gasteiger partial charge in [-0.05, 0) is 38.8 Å². The highest BCUT2D eigenvalue weighted by molar-refractivity contribution is 4.85. The third-order valence-corrected chi connectivity index (χ3v) is 3.86. The molecule has 3 heteroatoms. The van der Waals surface area contributed by atoms with Crippen LogP contribution >= 0.6 is 0 Å². The Morgan fingerprint density at radius 2 is 1.56 bits per heavy atom. The summed E-state index contributed by atoms with van der Waals surface area (Å²) in [4.78, 5) is 2.23. The minimum atomic E-state index is 0.419. The van der Waals surface area contributed by atoms with E-state index in [9.17, 15) is 0 Å². The van der Waals surface area contributed by atoms with E-state index in [1.54, 1.807) is 0 Å². The monoisotopic (exact) mass is 256 g/mol. The van der Waals surface area contributed by atoms with Gasteiger partial charge >= 0.3 is 0 Å². The summed E-state index contributed by atoms with van der Waals surface area (Å²) < 4.78 is 6.22. The second-order valence-electron chi connectivity index (χ2n) is 6.63. The van der Waals surface area contributed by atoms with E-state index < -0.39 is 0 Å². The molecule has 0 aromatic heterocycles. The molecule has 1 heterocycles. The van der Waals surface area contributed by atoms with Crippen molar-refractivity contribution >= 4 is 0 Å². The third-order valence-electron chi connectivity index (χ3n) is 3.86. The van der Waals surface area contributed by atoms with E-state index in [1.807, 2.05) is 0 Å². The molecule has 0 spiro atoms. The maximum Gasteiger partial charge on any atom is 0.0616 e. The van der Waals surface area contributed by atoms with Gasteiger partial charge in [-0.2, -0.15) is 0 Å². The van der Waals surface area contributed by atoms with E-state index in [0.717, 1.165) is 25.9 Å². The van der Waals surface area contributed by atoms with Crippen molar-refractivity contribution in [3.63, 3.8) is 0 Å². The molecule has 3 atom stereocenters. The minimum absolute atomic E-state index is 0.419. The summed E-state index contributed by atoms with van der Waals surface area (Å²) in [6.45, 7) is 11.3. The molecule has 0 amide bonds. The Balaban J connectivity index is 2.45.